The zero-order valence-electron chi connectivity index (χ0n) is 19.7. The van der Waals surface area contributed by atoms with E-state index in [1.165, 1.54) is 11.1 Å². The minimum absolute atomic E-state index is 0. The van der Waals surface area contributed by atoms with Crippen molar-refractivity contribution >= 4 is 41.5 Å². The molecule has 4 rings (SSSR count). The number of benzene rings is 2. The molecule has 0 spiro atoms. The Balaban J connectivity index is 0.00000324. The third-order valence-electron chi connectivity index (χ3n) is 5.64. The van der Waals surface area contributed by atoms with Crippen LogP contribution in [0.25, 0.3) is 11.5 Å². The Bertz CT molecular complexity index is 1110. The SMILES string of the molecule is CCNC(=NCc1coc(-c2ccc(C)cc2)n1)NCCCC(=O)N1CCc2ccccc21.I. The third-order valence-corrected chi connectivity index (χ3v) is 5.64. The van der Waals surface area contributed by atoms with Gasteiger partial charge in [0.15, 0.2) is 5.96 Å². The van der Waals surface area contributed by atoms with Crippen molar-refractivity contribution in [2.45, 2.75) is 39.7 Å². The molecule has 0 bridgehead atoms. The second-order valence-electron chi connectivity index (χ2n) is 8.16. The summed E-state index contributed by atoms with van der Waals surface area (Å²) in [4.78, 5) is 23.7. The molecular formula is C26H32IN5O2. The maximum atomic E-state index is 12.7. The first kappa shape index (κ1) is 25.7. The summed E-state index contributed by atoms with van der Waals surface area (Å²) < 4.78 is 5.62. The van der Waals surface area contributed by atoms with Crippen molar-refractivity contribution in [1.29, 1.82) is 0 Å². The number of nitrogens with one attached hydrogen (secondary N) is 2. The van der Waals surface area contributed by atoms with Crippen LogP contribution >= 0.6 is 24.0 Å². The van der Waals surface area contributed by atoms with E-state index in [0.29, 0.717) is 31.4 Å². The van der Waals surface area contributed by atoms with Crippen molar-refractivity contribution in [3.63, 3.8) is 0 Å². The number of hydrogen-bond acceptors (Lipinski definition) is 4. The van der Waals surface area contributed by atoms with Crippen LogP contribution in [0.2, 0.25) is 0 Å². The lowest BCUT2D eigenvalue weighted by Gasteiger charge is -2.17. The van der Waals surface area contributed by atoms with Gasteiger partial charge in [-0.2, -0.15) is 0 Å². The van der Waals surface area contributed by atoms with Crippen LogP contribution < -0.4 is 15.5 Å². The van der Waals surface area contributed by atoms with E-state index < -0.39 is 0 Å². The minimum Gasteiger partial charge on any atom is -0.444 e. The second-order valence-corrected chi connectivity index (χ2v) is 8.16. The normalized spacial score (nSPS) is 12.8. The van der Waals surface area contributed by atoms with E-state index in [2.05, 4.69) is 33.6 Å². The molecule has 3 aromatic rings. The van der Waals surface area contributed by atoms with Gasteiger partial charge in [-0.05, 0) is 50.5 Å². The maximum Gasteiger partial charge on any atom is 0.227 e. The summed E-state index contributed by atoms with van der Waals surface area (Å²) in [6.45, 7) is 6.68. The summed E-state index contributed by atoms with van der Waals surface area (Å²) in [6.07, 6.45) is 3.83. The molecule has 1 aromatic heterocycles. The number of guanidine groups is 1. The van der Waals surface area contributed by atoms with Gasteiger partial charge in [0.25, 0.3) is 0 Å². The number of fused-ring (bicyclic) bond motifs is 1. The van der Waals surface area contributed by atoms with Gasteiger partial charge in [-0.1, -0.05) is 35.9 Å². The molecule has 34 heavy (non-hydrogen) atoms. The average Bonchev–Trinajstić information content (AvgIpc) is 3.48. The van der Waals surface area contributed by atoms with Crippen molar-refractivity contribution in [3.05, 3.63) is 71.6 Å². The summed E-state index contributed by atoms with van der Waals surface area (Å²) in [6, 6.07) is 16.2. The standard InChI is InChI=1S/C26H31N5O2.HI/c1-3-27-26(29-17-22-18-33-25(30-22)21-12-10-19(2)11-13-21)28-15-6-9-24(32)31-16-14-20-7-4-5-8-23(20)31;/h4-5,7-8,10-13,18H,3,6,9,14-17H2,1-2H3,(H2,27,28,29);1H. The number of amides is 1. The highest BCUT2D eigenvalue weighted by Gasteiger charge is 2.23. The summed E-state index contributed by atoms with van der Waals surface area (Å²) in [5, 5.41) is 6.55. The summed E-state index contributed by atoms with van der Waals surface area (Å²) in [5.74, 6) is 1.48. The molecule has 0 radical (unpaired) electrons. The zero-order valence-corrected chi connectivity index (χ0v) is 22.0. The summed E-state index contributed by atoms with van der Waals surface area (Å²) in [7, 11) is 0. The van der Waals surface area contributed by atoms with Crippen LogP contribution in [-0.2, 0) is 17.8 Å². The van der Waals surface area contributed by atoms with E-state index in [1.54, 1.807) is 6.26 Å². The molecule has 7 nitrogen and oxygen atoms in total. The predicted octanol–water partition coefficient (Wildman–Crippen LogP) is 4.69. The van der Waals surface area contributed by atoms with Gasteiger partial charge < -0.3 is 20.0 Å². The number of para-hydroxylation sites is 1. The largest absolute Gasteiger partial charge is 0.444 e. The zero-order chi connectivity index (χ0) is 23.0. The number of hydrogen-bond donors (Lipinski definition) is 2. The van der Waals surface area contributed by atoms with Crippen LogP contribution in [0.4, 0.5) is 5.69 Å². The molecule has 0 aliphatic carbocycles. The monoisotopic (exact) mass is 573 g/mol. The molecule has 0 saturated carbocycles. The van der Waals surface area contributed by atoms with Crippen LogP contribution in [0, 0.1) is 6.92 Å². The fraction of sp³-hybridized carbons (Fsp3) is 0.346. The van der Waals surface area contributed by atoms with Crippen LogP contribution in [0.5, 0.6) is 0 Å². The molecule has 2 heterocycles. The van der Waals surface area contributed by atoms with Gasteiger partial charge in [-0.15, -0.1) is 24.0 Å². The van der Waals surface area contributed by atoms with Crippen molar-refractivity contribution in [2.24, 2.45) is 4.99 Å². The first-order valence-electron chi connectivity index (χ1n) is 11.6. The molecule has 0 atom stereocenters. The number of anilines is 1. The number of oxazole rings is 1. The molecule has 0 unspecified atom stereocenters. The third kappa shape index (κ3) is 6.59. The quantitative estimate of drug-likeness (QED) is 0.177. The van der Waals surface area contributed by atoms with Gasteiger partial charge in [0, 0.05) is 37.3 Å². The Morgan fingerprint density at radius 3 is 2.74 bits per heavy atom. The van der Waals surface area contributed by atoms with Crippen LogP contribution in [0.1, 0.15) is 36.6 Å². The van der Waals surface area contributed by atoms with E-state index in [0.717, 1.165) is 42.9 Å². The molecule has 1 aliphatic heterocycles. The average molecular weight is 573 g/mol. The van der Waals surface area contributed by atoms with Crippen LogP contribution in [0.3, 0.4) is 0 Å². The highest BCUT2D eigenvalue weighted by Crippen LogP contribution is 2.28. The molecule has 0 saturated heterocycles. The number of nitrogens with zero attached hydrogens (tertiary/aromatic N) is 3. The minimum atomic E-state index is 0. The number of aryl methyl sites for hydroxylation is 1. The Hall–Kier alpha value is -2.88. The van der Waals surface area contributed by atoms with Crippen molar-refractivity contribution < 1.29 is 9.21 Å². The number of aliphatic imine (C=N–C) groups is 1. The lowest BCUT2D eigenvalue weighted by molar-refractivity contribution is -0.118. The second kappa shape index (κ2) is 12.5. The van der Waals surface area contributed by atoms with Crippen molar-refractivity contribution in [2.75, 3.05) is 24.5 Å². The molecule has 1 amide bonds. The molecule has 180 valence electrons. The molecule has 0 fully saturated rings. The van der Waals surface area contributed by atoms with Gasteiger partial charge in [0.1, 0.15) is 12.0 Å². The van der Waals surface area contributed by atoms with Gasteiger partial charge in [-0.25, -0.2) is 9.98 Å². The van der Waals surface area contributed by atoms with E-state index in [9.17, 15) is 4.79 Å². The van der Waals surface area contributed by atoms with E-state index in [-0.39, 0.29) is 29.9 Å². The number of carbonyl (C=O) groups is 1. The molecular weight excluding hydrogens is 541 g/mol. The number of carbonyl (C=O) groups excluding carboxylic acids is 1. The fourth-order valence-electron chi connectivity index (χ4n) is 3.89. The first-order chi connectivity index (χ1) is 16.1. The van der Waals surface area contributed by atoms with Gasteiger partial charge in [0.05, 0.1) is 6.54 Å². The Morgan fingerprint density at radius 2 is 1.94 bits per heavy atom. The molecule has 1 aliphatic rings. The maximum absolute atomic E-state index is 12.7. The summed E-state index contributed by atoms with van der Waals surface area (Å²) >= 11 is 0. The lowest BCUT2D eigenvalue weighted by Crippen LogP contribution is -2.38. The van der Waals surface area contributed by atoms with E-state index >= 15 is 0 Å². The highest BCUT2D eigenvalue weighted by molar-refractivity contribution is 14.0. The van der Waals surface area contributed by atoms with Gasteiger partial charge in [0.2, 0.25) is 11.8 Å². The van der Waals surface area contributed by atoms with Crippen molar-refractivity contribution in [3.8, 4) is 11.5 Å². The van der Waals surface area contributed by atoms with E-state index in [1.807, 2.05) is 54.3 Å². The number of rotatable bonds is 8. The molecule has 2 aromatic carbocycles. The summed E-state index contributed by atoms with van der Waals surface area (Å²) in [5.41, 5.74) is 5.23. The Kier molecular flexibility index (Phi) is 9.50. The smallest absolute Gasteiger partial charge is 0.227 e. The molecule has 8 heteroatoms. The van der Waals surface area contributed by atoms with E-state index in [4.69, 9.17) is 4.42 Å². The predicted molar refractivity (Wildman–Crippen MR) is 147 cm³/mol. The Labute approximate surface area is 218 Å². The number of halogens is 1. The van der Waals surface area contributed by atoms with Crippen molar-refractivity contribution in [1.82, 2.24) is 15.6 Å². The van der Waals surface area contributed by atoms with Gasteiger partial charge in [-0.3, -0.25) is 4.79 Å². The van der Waals surface area contributed by atoms with Crippen LogP contribution in [0.15, 0.2) is 64.2 Å². The topological polar surface area (TPSA) is 82.8 Å². The first-order valence-corrected chi connectivity index (χ1v) is 11.6. The molecule has 2 N–H and O–H groups in total. The Morgan fingerprint density at radius 1 is 1.15 bits per heavy atom. The fourth-order valence-corrected chi connectivity index (χ4v) is 3.89. The number of aromatic nitrogens is 1. The highest BCUT2D eigenvalue weighted by atomic mass is 127. The van der Waals surface area contributed by atoms with Crippen LogP contribution in [-0.4, -0.2) is 36.5 Å². The van der Waals surface area contributed by atoms with Gasteiger partial charge >= 0.3 is 0 Å². The lowest BCUT2D eigenvalue weighted by atomic mass is 10.1.